The number of amides is 1. The van der Waals surface area contributed by atoms with Crippen LogP contribution in [-0.2, 0) is 14.3 Å². The predicted octanol–water partition coefficient (Wildman–Crippen LogP) is 3.00. The highest BCUT2D eigenvalue weighted by Crippen LogP contribution is 2.15. The molecule has 1 unspecified atom stereocenters. The molecule has 0 aliphatic heterocycles. The molecule has 0 spiro atoms. The lowest BCUT2D eigenvalue weighted by atomic mass is 10.1. The maximum absolute atomic E-state index is 11.9. The third-order valence-corrected chi connectivity index (χ3v) is 2.96. The third kappa shape index (κ3) is 6.29. The number of benzene rings is 1. The van der Waals surface area contributed by atoms with Crippen molar-refractivity contribution in [3.63, 3.8) is 0 Å². The minimum atomic E-state index is -0.813. The Morgan fingerprint density at radius 2 is 1.76 bits per heavy atom. The number of rotatable bonds is 7. The van der Waals surface area contributed by atoms with Gasteiger partial charge in [0.05, 0.1) is 7.11 Å². The van der Waals surface area contributed by atoms with Crippen LogP contribution in [0.15, 0.2) is 24.3 Å². The van der Waals surface area contributed by atoms with Gasteiger partial charge in [0.1, 0.15) is 5.75 Å². The van der Waals surface area contributed by atoms with Gasteiger partial charge in [-0.1, -0.05) is 13.8 Å². The number of hydrogen-bond donors (Lipinski definition) is 1. The van der Waals surface area contributed by atoms with Crippen LogP contribution < -0.4 is 10.1 Å². The zero-order chi connectivity index (χ0) is 15.8. The molecule has 1 amide bonds. The fourth-order valence-electron chi connectivity index (χ4n) is 1.63. The monoisotopic (exact) mass is 293 g/mol. The summed E-state index contributed by atoms with van der Waals surface area (Å²) in [5.41, 5.74) is 0.630. The zero-order valence-electron chi connectivity index (χ0n) is 13.0. The Labute approximate surface area is 125 Å². The van der Waals surface area contributed by atoms with Crippen LogP contribution >= 0.6 is 0 Å². The van der Waals surface area contributed by atoms with Crippen molar-refractivity contribution in [3.05, 3.63) is 24.3 Å². The smallest absolute Gasteiger partial charge is 0.306 e. The van der Waals surface area contributed by atoms with Crippen LogP contribution in [0.1, 0.15) is 33.6 Å². The molecule has 0 bridgehead atoms. The summed E-state index contributed by atoms with van der Waals surface area (Å²) in [6, 6.07) is 6.94. The van der Waals surface area contributed by atoms with Crippen molar-refractivity contribution >= 4 is 17.6 Å². The van der Waals surface area contributed by atoms with E-state index in [4.69, 9.17) is 9.47 Å². The molecule has 0 fully saturated rings. The number of ether oxygens (including phenoxy) is 2. The predicted molar refractivity (Wildman–Crippen MR) is 81.2 cm³/mol. The molecule has 5 nitrogen and oxygen atoms in total. The first-order valence-corrected chi connectivity index (χ1v) is 7.06. The van der Waals surface area contributed by atoms with Crippen molar-refractivity contribution in [2.75, 3.05) is 12.4 Å². The summed E-state index contributed by atoms with van der Waals surface area (Å²) in [5, 5.41) is 2.69. The molecular weight excluding hydrogens is 270 g/mol. The Balaban J connectivity index is 2.44. The molecule has 0 aromatic heterocycles. The summed E-state index contributed by atoms with van der Waals surface area (Å²) >= 11 is 0. The summed E-state index contributed by atoms with van der Waals surface area (Å²) < 4.78 is 10.1. The molecule has 116 valence electrons. The molecule has 1 aromatic carbocycles. The molecule has 0 saturated carbocycles. The summed E-state index contributed by atoms with van der Waals surface area (Å²) in [6.45, 7) is 5.63. The first kappa shape index (κ1) is 17.0. The topological polar surface area (TPSA) is 64.6 Å². The number of methoxy groups -OCH3 is 1. The molecule has 0 saturated heterocycles. The quantitative estimate of drug-likeness (QED) is 0.785. The number of esters is 1. The largest absolute Gasteiger partial charge is 0.497 e. The van der Waals surface area contributed by atoms with Gasteiger partial charge in [0, 0.05) is 12.1 Å². The normalized spacial score (nSPS) is 11.9. The Morgan fingerprint density at radius 3 is 2.29 bits per heavy atom. The number of carbonyl (C=O) groups is 2. The third-order valence-electron chi connectivity index (χ3n) is 2.96. The number of hydrogen-bond acceptors (Lipinski definition) is 4. The van der Waals surface area contributed by atoms with E-state index in [0.717, 1.165) is 6.42 Å². The highest BCUT2D eigenvalue weighted by atomic mass is 16.5. The Morgan fingerprint density at radius 1 is 1.14 bits per heavy atom. The highest BCUT2D eigenvalue weighted by Gasteiger charge is 2.18. The van der Waals surface area contributed by atoms with Crippen LogP contribution in [0.5, 0.6) is 5.75 Å². The number of nitrogens with one attached hydrogen (secondary N) is 1. The standard InChI is InChI=1S/C16H23NO4/c1-11(2)5-10-15(18)21-12(3)16(19)17-13-6-8-14(20-4)9-7-13/h6-9,11-12H,5,10H2,1-4H3,(H,17,19). The van der Waals surface area contributed by atoms with Gasteiger partial charge < -0.3 is 14.8 Å². The molecule has 1 aromatic rings. The van der Waals surface area contributed by atoms with Crippen molar-refractivity contribution in [1.29, 1.82) is 0 Å². The van der Waals surface area contributed by atoms with Gasteiger partial charge >= 0.3 is 5.97 Å². The molecule has 21 heavy (non-hydrogen) atoms. The van der Waals surface area contributed by atoms with E-state index in [9.17, 15) is 9.59 Å². The van der Waals surface area contributed by atoms with Crippen LogP contribution in [-0.4, -0.2) is 25.1 Å². The summed E-state index contributed by atoms with van der Waals surface area (Å²) in [4.78, 5) is 23.5. The minimum Gasteiger partial charge on any atom is -0.497 e. The van der Waals surface area contributed by atoms with Gasteiger partial charge in [-0.05, 0) is 43.5 Å². The highest BCUT2D eigenvalue weighted by molar-refractivity contribution is 5.95. The van der Waals surface area contributed by atoms with E-state index in [1.807, 2.05) is 13.8 Å². The van der Waals surface area contributed by atoms with Crippen LogP contribution in [0.2, 0.25) is 0 Å². The van der Waals surface area contributed by atoms with E-state index in [2.05, 4.69) is 5.32 Å². The minimum absolute atomic E-state index is 0.331. The second-order valence-electron chi connectivity index (χ2n) is 5.28. The van der Waals surface area contributed by atoms with E-state index in [0.29, 0.717) is 23.8 Å². The maximum atomic E-state index is 11.9. The van der Waals surface area contributed by atoms with Gasteiger partial charge in [-0.25, -0.2) is 0 Å². The van der Waals surface area contributed by atoms with E-state index in [-0.39, 0.29) is 11.9 Å². The van der Waals surface area contributed by atoms with Crippen LogP contribution in [0.3, 0.4) is 0 Å². The van der Waals surface area contributed by atoms with Crippen molar-refractivity contribution in [2.24, 2.45) is 5.92 Å². The van der Waals surface area contributed by atoms with Crippen molar-refractivity contribution in [1.82, 2.24) is 0 Å². The molecule has 1 N–H and O–H groups in total. The Kier molecular flexibility index (Phi) is 6.72. The lowest BCUT2D eigenvalue weighted by molar-refractivity contribution is -0.153. The fourth-order valence-corrected chi connectivity index (χ4v) is 1.63. The van der Waals surface area contributed by atoms with E-state index < -0.39 is 6.10 Å². The summed E-state index contributed by atoms with van der Waals surface area (Å²) in [7, 11) is 1.58. The molecular formula is C16H23NO4. The first-order valence-electron chi connectivity index (χ1n) is 7.06. The molecule has 1 rings (SSSR count). The van der Waals surface area contributed by atoms with Gasteiger partial charge in [-0.2, -0.15) is 0 Å². The SMILES string of the molecule is COc1ccc(NC(=O)C(C)OC(=O)CCC(C)C)cc1. The zero-order valence-corrected chi connectivity index (χ0v) is 13.0. The van der Waals surface area contributed by atoms with Crippen LogP contribution in [0.4, 0.5) is 5.69 Å². The van der Waals surface area contributed by atoms with Crippen molar-refractivity contribution in [2.45, 2.75) is 39.7 Å². The average molecular weight is 293 g/mol. The maximum Gasteiger partial charge on any atom is 0.306 e. The van der Waals surface area contributed by atoms with Crippen LogP contribution in [0.25, 0.3) is 0 Å². The van der Waals surface area contributed by atoms with E-state index >= 15 is 0 Å². The molecule has 0 aliphatic rings. The lowest BCUT2D eigenvalue weighted by Crippen LogP contribution is -2.30. The van der Waals surface area contributed by atoms with Gasteiger partial charge in [-0.3, -0.25) is 9.59 Å². The van der Waals surface area contributed by atoms with Crippen molar-refractivity contribution in [3.8, 4) is 5.75 Å². The van der Waals surface area contributed by atoms with Gasteiger partial charge in [-0.15, -0.1) is 0 Å². The average Bonchev–Trinajstić information content (AvgIpc) is 2.45. The van der Waals surface area contributed by atoms with Gasteiger partial charge in [0.15, 0.2) is 6.10 Å². The Hall–Kier alpha value is -2.04. The Bertz CT molecular complexity index is 468. The molecule has 0 heterocycles. The molecule has 5 heteroatoms. The van der Waals surface area contributed by atoms with Gasteiger partial charge in [0.25, 0.3) is 5.91 Å². The van der Waals surface area contributed by atoms with Crippen LogP contribution in [0, 0.1) is 5.92 Å². The fraction of sp³-hybridized carbons (Fsp3) is 0.500. The summed E-state index contributed by atoms with van der Waals surface area (Å²) in [6.07, 6.45) is 0.274. The van der Waals surface area contributed by atoms with Gasteiger partial charge in [0.2, 0.25) is 0 Å². The second kappa shape index (κ2) is 8.29. The first-order chi connectivity index (χ1) is 9.92. The summed E-state index contributed by atoms with van der Waals surface area (Å²) in [5.74, 6) is 0.446. The van der Waals surface area contributed by atoms with Crippen molar-refractivity contribution < 1.29 is 19.1 Å². The molecule has 0 aliphatic carbocycles. The number of anilines is 1. The number of carbonyl (C=O) groups excluding carboxylic acids is 2. The second-order valence-corrected chi connectivity index (χ2v) is 5.28. The molecule has 1 atom stereocenters. The van der Waals surface area contributed by atoms with E-state index in [1.54, 1.807) is 38.3 Å². The lowest BCUT2D eigenvalue weighted by Gasteiger charge is -2.14. The molecule has 0 radical (unpaired) electrons. The van der Waals surface area contributed by atoms with E-state index in [1.165, 1.54) is 0 Å².